The molecule has 5 rings (SSSR count). The lowest BCUT2D eigenvalue weighted by atomic mass is 9.83. The van der Waals surface area contributed by atoms with Gasteiger partial charge in [-0.2, -0.15) is 5.26 Å². The number of hydrogen-bond donors (Lipinski definition) is 2. The van der Waals surface area contributed by atoms with Gasteiger partial charge in [0.05, 0.1) is 29.8 Å². The molecule has 4 aromatic rings. The van der Waals surface area contributed by atoms with Crippen molar-refractivity contribution in [3.63, 3.8) is 0 Å². The van der Waals surface area contributed by atoms with Crippen molar-refractivity contribution in [3.8, 4) is 34.7 Å². The van der Waals surface area contributed by atoms with E-state index in [0.717, 1.165) is 5.56 Å². The maximum Gasteiger partial charge on any atom is 0.343 e. The standard InChI is InChI=1S/C27H19ClN4O4/c1-34-21-13-17(9-12-20(21)35-27(33)16-5-3-2-4-6-16)22-19(14-29)25(30)36-26-23(22)24(31-32-26)15-7-10-18(28)11-8-15/h2-13,22H,30H2,1H3,(H,31,32). The summed E-state index contributed by atoms with van der Waals surface area (Å²) in [5, 5.41) is 17.8. The Bertz CT molecular complexity index is 1520. The molecule has 0 amide bonds. The number of benzene rings is 3. The van der Waals surface area contributed by atoms with Crippen LogP contribution in [0.2, 0.25) is 5.02 Å². The van der Waals surface area contributed by atoms with Crippen LogP contribution in [-0.2, 0) is 0 Å². The number of methoxy groups -OCH3 is 1. The maximum absolute atomic E-state index is 12.6. The van der Waals surface area contributed by atoms with Gasteiger partial charge in [-0.25, -0.2) is 4.79 Å². The Morgan fingerprint density at radius 2 is 1.86 bits per heavy atom. The number of fused-ring (bicyclic) bond motifs is 1. The Kier molecular flexibility index (Phi) is 6.07. The van der Waals surface area contributed by atoms with E-state index in [1.165, 1.54) is 7.11 Å². The molecule has 178 valence electrons. The van der Waals surface area contributed by atoms with E-state index in [-0.39, 0.29) is 23.1 Å². The Morgan fingerprint density at radius 3 is 2.56 bits per heavy atom. The third kappa shape index (κ3) is 4.13. The number of aromatic amines is 1. The van der Waals surface area contributed by atoms with Crippen molar-refractivity contribution in [2.75, 3.05) is 7.11 Å². The molecule has 36 heavy (non-hydrogen) atoms. The topological polar surface area (TPSA) is 123 Å². The summed E-state index contributed by atoms with van der Waals surface area (Å²) >= 11 is 6.06. The van der Waals surface area contributed by atoms with Crippen molar-refractivity contribution in [2.45, 2.75) is 5.92 Å². The van der Waals surface area contributed by atoms with Gasteiger partial charge in [0.25, 0.3) is 0 Å². The summed E-state index contributed by atoms with van der Waals surface area (Å²) in [7, 11) is 1.47. The quantitative estimate of drug-likeness (QED) is 0.287. The summed E-state index contributed by atoms with van der Waals surface area (Å²) in [5.41, 5.74) is 9.49. The number of nitrogens with one attached hydrogen (secondary N) is 1. The molecule has 0 fully saturated rings. The Labute approximate surface area is 211 Å². The van der Waals surface area contributed by atoms with Gasteiger partial charge in [0.15, 0.2) is 11.5 Å². The lowest BCUT2D eigenvalue weighted by Gasteiger charge is -2.24. The van der Waals surface area contributed by atoms with Crippen LogP contribution >= 0.6 is 11.6 Å². The monoisotopic (exact) mass is 498 g/mol. The molecule has 1 unspecified atom stereocenters. The smallest absolute Gasteiger partial charge is 0.343 e. The highest BCUT2D eigenvalue weighted by Gasteiger charge is 2.36. The van der Waals surface area contributed by atoms with Crippen LogP contribution in [-0.4, -0.2) is 23.3 Å². The molecule has 1 atom stereocenters. The van der Waals surface area contributed by atoms with E-state index in [1.807, 2.05) is 18.2 Å². The summed E-state index contributed by atoms with van der Waals surface area (Å²) in [5.74, 6) is -0.351. The molecule has 0 aliphatic carbocycles. The molecular formula is C27H19ClN4O4. The number of carbonyl (C=O) groups excluding carboxylic acids is 1. The van der Waals surface area contributed by atoms with Crippen molar-refractivity contribution in [2.24, 2.45) is 5.73 Å². The Morgan fingerprint density at radius 1 is 1.11 bits per heavy atom. The molecule has 3 aromatic carbocycles. The zero-order valence-electron chi connectivity index (χ0n) is 19.0. The number of aromatic nitrogens is 2. The van der Waals surface area contributed by atoms with Crippen LogP contribution in [0.1, 0.15) is 27.4 Å². The number of esters is 1. The molecule has 1 aliphatic heterocycles. The van der Waals surface area contributed by atoms with Crippen LogP contribution in [0.15, 0.2) is 84.3 Å². The highest BCUT2D eigenvalue weighted by Crippen LogP contribution is 2.47. The van der Waals surface area contributed by atoms with Gasteiger partial charge < -0.3 is 19.9 Å². The number of allylic oxidation sites excluding steroid dienone is 1. The second kappa shape index (κ2) is 9.49. The van der Waals surface area contributed by atoms with Crippen molar-refractivity contribution in [3.05, 3.63) is 106 Å². The predicted molar refractivity (Wildman–Crippen MR) is 133 cm³/mol. The normalized spacial score (nSPS) is 14.4. The lowest BCUT2D eigenvalue weighted by molar-refractivity contribution is 0.0729. The minimum Gasteiger partial charge on any atom is -0.493 e. The molecular weight excluding hydrogens is 480 g/mol. The number of carbonyl (C=O) groups is 1. The zero-order chi connectivity index (χ0) is 25.2. The number of halogens is 1. The summed E-state index contributed by atoms with van der Waals surface area (Å²) in [4.78, 5) is 12.6. The number of nitrogens with two attached hydrogens (primary N) is 1. The molecule has 0 spiro atoms. The molecule has 2 heterocycles. The molecule has 0 saturated carbocycles. The fourth-order valence-electron chi connectivity index (χ4n) is 4.10. The SMILES string of the molecule is COc1cc(C2C(C#N)=C(N)Oc3n[nH]c(-c4ccc(Cl)cc4)c32)ccc1OC(=O)c1ccccc1. The first-order valence-electron chi connectivity index (χ1n) is 10.9. The summed E-state index contributed by atoms with van der Waals surface area (Å²) < 4.78 is 16.8. The van der Waals surface area contributed by atoms with Gasteiger partial charge in [-0.05, 0) is 42.0 Å². The minimum absolute atomic E-state index is 0.0392. The number of ether oxygens (including phenoxy) is 3. The zero-order valence-corrected chi connectivity index (χ0v) is 19.7. The van der Waals surface area contributed by atoms with Crippen LogP contribution < -0.4 is 19.9 Å². The number of hydrogen-bond acceptors (Lipinski definition) is 7. The average Bonchev–Trinajstić information content (AvgIpc) is 3.32. The third-order valence-electron chi connectivity index (χ3n) is 5.80. The van der Waals surface area contributed by atoms with Gasteiger partial charge in [0.2, 0.25) is 11.8 Å². The fourth-order valence-corrected chi connectivity index (χ4v) is 4.22. The number of nitriles is 1. The average molecular weight is 499 g/mol. The van der Waals surface area contributed by atoms with Crippen LogP contribution in [0.5, 0.6) is 17.4 Å². The largest absolute Gasteiger partial charge is 0.493 e. The first-order valence-corrected chi connectivity index (χ1v) is 11.2. The third-order valence-corrected chi connectivity index (χ3v) is 6.06. The first-order chi connectivity index (χ1) is 17.5. The fraction of sp³-hybridized carbons (Fsp3) is 0.0741. The summed E-state index contributed by atoms with van der Waals surface area (Å²) in [6.07, 6.45) is 0. The van der Waals surface area contributed by atoms with E-state index in [4.69, 9.17) is 31.5 Å². The van der Waals surface area contributed by atoms with E-state index in [9.17, 15) is 10.1 Å². The minimum atomic E-state index is -0.615. The highest BCUT2D eigenvalue weighted by molar-refractivity contribution is 6.30. The van der Waals surface area contributed by atoms with Gasteiger partial charge in [-0.1, -0.05) is 48.0 Å². The first kappa shape index (κ1) is 23.0. The summed E-state index contributed by atoms with van der Waals surface area (Å²) in [6, 6.07) is 23.1. The molecule has 1 aliphatic rings. The Hall–Kier alpha value is -4.74. The van der Waals surface area contributed by atoms with Gasteiger partial charge in [0, 0.05) is 10.6 Å². The van der Waals surface area contributed by atoms with Crippen LogP contribution in [0.25, 0.3) is 11.3 Å². The molecule has 0 radical (unpaired) electrons. The van der Waals surface area contributed by atoms with Gasteiger partial charge >= 0.3 is 5.97 Å². The number of nitrogens with zero attached hydrogens (tertiary/aromatic N) is 2. The van der Waals surface area contributed by atoms with Crippen molar-refractivity contribution >= 4 is 17.6 Å². The van der Waals surface area contributed by atoms with E-state index in [0.29, 0.717) is 33.2 Å². The van der Waals surface area contributed by atoms with E-state index in [2.05, 4.69) is 16.3 Å². The molecule has 8 nitrogen and oxygen atoms in total. The maximum atomic E-state index is 12.6. The number of H-pyrrole nitrogens is 1. The van der Waals surface area contributed by atoms with Crippen molar-refractivity contribution < 1.29 is 19.0 Å². The number of rotatable bonds is 5. The van der Waals surface area contributed by atoms with Crippen molar-refractivity contribution in [1.29, 1.82) is 5.26 Å². The van der Waals surface area contributed by atoms with E-state index >= 15 is 0 Å². The van der Waals surface area contributed by atoms with Crippen LogP contribution in [0.4, 0.5) is 0 Å². The van der Waals surface area contributed by atoms with Crippen LogP contribution in [0.3, 0.4) is 0 Å². The van der Waals surface area contributed by atoms with Crippen LogP contribution in [0, 0.1) is 11.3 Å². The van der Waals surface area contributed by atoms with E-state index in [1.54, 1.807) is 54.6 Å². The van der Waals surface area contributed by atoms with Crippen molar-refractivity contribution in [1.82, 2.24) is 10.2 Å². The van der Waals surface area contributed by atoms with Gasteiger partial charge in [-0.15, -0.1) is 5.10 Å². The molecule has 1 aromatic heterocycles. The molecule has 3 N–H and O–H groups in total. The van der Waals surface area contributed by atoms with Gasteiger partial charge in [-0.3, -0.25) is 5.10 Å². The second-order valence-electron chi connectivity index (χ2n) is 7.91. The molecule has 9 heteroatoms. The highest BCUT2D eigenvalue weighted by atomic mass is 35.5. The molecule has 0 bridgehead atoms. The summed E-state index contributed by atoms with van der Waals surface area (Å²) in [6.45, 7) is 0. The molecule has 0 saturated heterocycles. The predicted octanol–water partition coefficient (Wildman–Crippen LogP) is 5.18. The lowest BCUT2D eigenvalue weighted by Crippen LogP contribution is -2.21. The second-order valence-corrected chi connectivity index (χ2v) is 8.35. The van der Waals surface area contributed by atoms with E-state index < -0.39 is 11.9 Å². The Balaban J connectivity index is 1.58. The van der Waals surface area contributed by atoms with Gasteiger partial charge in [0.1, 0.15) is 11.6 Å².